The Morgan fingerprint density at radius 2 is 1.69 bits per heavy atom. The largest absolute Gasteiger partial charge is 0.493 e. The Balaban J connectivity index is 1.90. The summed E-state index contributed by atoms with van der Waals surface area (Å²) in [6.45, 7) is 0. The Morgan fingerprint density at radius 3 is 2.28 bits per heavy atom. The van der Waals surface area contributed by atoms with Crippen molar-refractivity contribution >= 4 is 11.9 Å². The zero-order chi connectivity index (χ0) is 21.1. The Morgan fingerprint density at radius 1 is 1.07 bits per heavy atom. The van der Waals surface area contributed by atoms with Crippen LogP contribution in [0.3, 0.4) is 0 Å². The average Bonchev–Trinajstić information content (AvgIpc) is 3.03. The summed E-state index contributed by atoms with van der Waals surface area (Å²) in [4.78, 5) is 23.6. The molecule has 3 rings (SSSR count). The molecular weight excluding hydrogens is 391 g/mol. The standard InChI is InChI=1S/C19H14F3N3O4/c20-10-4-6-11(7-5-10)25-16(26)8-15(24-25)19(29)23-14(9-17(27)28)18-12(21)2-1-3-13(18)22/h1-8,14,26H,9H2,(H,23,29)(H,27,28)/t14-/m0/s1. The number of aliphatic carboxylic acids is 1. The first-order valence-corrected chi connectivity index (χ1v) is 8.28. The first kappa shape index (κ1) is 19.9. The Kier molecular flexibility index (Phi) is 5.53. The number of hydrogen-bond acceptors (Lipinski definition) is 4. The number of aromatic nitrogens is 2. The molecule has 150 valence electrons. The lowest BCUT2D eigenvalue weighted by atomic mass is 10.0. The average molecular weight is 405 g/mol. The quantitative estimate of drug-likeness (QED) is 0.585. The molecule has 0 aliphatic rings. The molecule has 1 heterocycles. The number of carboxylic acids is 1. The molecule has 0 aliphatic heterocycles. The number of carbonyl (C=O) groups is 2. The normalized spacial score (nSPS) is 11.8. The van der Waals surface area contributed by atoms with Crippen molar-refractivity contribution in [2.75, 3.05) is 0 Å². The number of benzene rings is 2. The number of rotatable bonds is 6. The molecule has 0 aliphatic carbocycles. The molecule has 10 heteroatoms. The van der Waals surface area contributed by atoms with Crippen LogP contribution in [0.1, 0.15) is 28.5 Å². The van der Waals surface area contributed by atoms with Crippen LogP contribution in [0.2, 0.25) is 0 Å². The zero-order valence-electron chi connectivity index (χ0n) is 14.6. The van der Waals surface area contributed by atoms with Gasteiger partial charge in [0.1, 0.15) is 17.5 Å². The molecule has 2 aromatic carbocycles. The lowest BCUT2D eigenvalue weighted by Gasteiger charge is -2.18. The third kappa shape index (κ3) is 4.37. The van der Waals surface area contributed by atoms with E-state index in [-0.39, 0.29) is 11.4 Å². The van der Waals surface area contributed by atoms with Gasteiger partial charge < -0.3 is 15.5 Å². The summed E-state index contributed by atoms with van der Waals surface area (Å²) in [6.07, 6.45) is -0.783. The minimum absolute atomic E-state index is 0.255. The highest BCUT2D eigenvalue weighted by atomic mass is 19.1. The third-order valence-corrected chi connectivity index (χ3v) is 4.03. The first-order chi connectivity index (χ1) is 13.8. The number of carbonyl (C=O) groups excluding carboxylic acids is 1. The molecule has 7 nitrogen and oxygen atoms in total. The number of amides is 1. The van der Waals surface area contributed by atoms with E-state index in [1.807, 2.05) is 0 Å². The van der Waals surface area contributed by atoms with Crippen LogP contribution in [0.15, 0.2) is 48.5 Å². The molecule has 3 aromatic rings. The molecule has 1 amide bonds. The lowest BCUT2D eigenvalue weighted by molar-refractivity contribution is -0.137. The van der Waals surface area contributed by atoms with Gasteiger partial charge in [-0.2, -0.15) is 5.10 Å². The molecule has 0 unspecified atom stereocenters. The van der Waals surface area contributed by atoms with Crippen LogP contribution in [0.25, 0.3) is 5.69 Å². The van der Waals surface area contributed by atoms with E-state index in [4.69, 9.17) is 5.11 Å². The van der Waals surface area contributed by atoms with E-state index < -0.39 is 53.2 Å². The molecular formula is C19H14F3N3O4. The Bertz CT molecular complexity index is 1050. The van der Waals surface area contributed by atoms with Crippen molar-refractivity contribution in [3.8, 4) is 11.6 Å². The van der Waals surface area contributed by atoms with Crippen LogP contribution < -0.4 is 5.32 Å². The summed E-state index contributed by atoms with van der Waals surface area (Å²) >= 11 is 0. The fourth-order valence-corrected chi connectivity index (χ4v) is 2.73. The van der Waals surface area contributed by atoms with Gasteiger partial charge in [-0.05, 0) is 36.4 Å². The van der Waals surface area contributed by atoms with E-state index in [1.54, 1.807) is 0 Å². The van der Waals surface area contributed by atoms with Gasteiger partial charge in [-0.1, -0.05) is 6.07 Å². The number of nitrogens with one attached hydrogen (secondary N) is 1. The van der Waals surface area contributed by atoms with Crippen LogP contribution in [0, 0.1) is 17.5 Å². The number of carboxylic acid groups (broad SMARTS) is 1. The number of nitrogens with zero attached hydrogens (tertiary/aromatic N) is 2. The van der Waals surface area contributed by atoms with Gasteiger partial charge in [0.15, 0.2) is 5.69 Å². The van der Waals surface area contributed by atoms with Crippen molar-refractivity contribution < 1.29 is 33.0 Å². The topological polar surface area (TPSA) is 104 Å². The summed E-state index contributed by atoms with van der Waals surface area (Å²) in [5, 5.41) is 25.1. The molecule has 3 N–H and O–H groups in total. The van der Waals surface area contributed by atoms with Crippen LogP contribution >= 0.6 is 0 Å². The highest BCUT2D eigenvalue weighted by Crippen LogP contribution is 2.25. The maximum absolute atomic E-state index is 14.1. The van der Waals surface area contributed by atoms with Gasteiger partial charge >= 0.3 is 5.97 Å². The first-order valence-electron chi connectivity index (χ1n) is 8.28. The monoisotopic (exact) mass is 405 g/mol. The summed E-state index contributed by atoms with van der Waals surface area (Å²) in [6, 6.07) is 7.32. The van der Waals surface area contributed by atoms with Crippen molar-refractivity contribution in [1.82, 2.24) is 15.1 Å². The molecule has 1 aromatic heterocycles. The van der Waals surface area contributed by atoms with Crippen LogP contribution in [0.4, 0.5) is 13.2 Å². The van der Waals surface area contributed by atoms with E-state index in [1.165, 1.54) is 12.1 Å². The predicted molar refractivity (Wildman–Crippen MR) is 94.0 cm³/mol. The van der Waals surface area contributed by atoms with Gasteiger partial charge in [0, 0.05) is 11.6 Å². The Labute approximate surface area is 162 Å². The third-order valence-electron chi connectivity index (χ3n) is 4.03. The van der Waals surface area contributed by atoms with Gasteiger partial charge in [0.25, 0.3) is 5.91 Å². The van der Waals surface area contributed by atoms with E-state index in [0.717, 1.165) is 41.1 Å². The second kappa shape index (κ2) is 8.05. The van der Waals surface area contributed by atoms with Gasteiger partial charge in [-0.25, -0.2) is 17.9 Å². The number of halogens is 3. The molecule has 0 spiro atoms. The van der Waals surface area contributed by atoms with Crippen LogP contribution in [-0.4, -0.2) is 31.9 Å². The highest BCUT2D eigenvalue weighted by molar-refractivity contribution is 5.93. The van der Waals surface area contributed by atoms with Crippen molar-refractivity contribution in [2.24, 2.45) is 0 Å². The lowest BCUT2D eigenvalue weighted by Crippen LogP contribution is -2.31. The van der Waals surface area contributed by atoms with Crippen LogP contribution in [0.5, 0.6) is 5.88 Å². The zero-order valence-corrected chi connectivity index (χ0v) is 14.6. The number of hydrogen-bond donors (Lipinski definition) is 3. The fraction of sp³-hybridized carbons (Fsp3) is 0.105. The van der Waals surface area contributed by atoms with Crippen molar-refractivity contribution in [1.29, 1.82) is 0 Å². The van der Waals surface area contributed by atoms with Gasteiger partial charge in [-0.3, -0.25) is 9.59 Å². The van der Waals surface area contributed by atoms with Crippen molar-refractivity contribution in [2.45, 2.75) is 12.5 Å². The van der Waals surface area contributed by atoms with E-state index >= 15 is 0 Å². The molecule has 29 heavy (non-hydrogen) atoms. The maximum atomic E-state index is 14.1. The van der Waals surface area contributed by atoms with Crippen molar-refractivity contribution in [3.05, 3.63) is 77.2 Å². The second-order valence-electron chi connectivity index (χ2n) is 6.04. The van der Waals surface area contributed by atoms with E-state index in [2.05, 4.69) is 10.4 Å². The molecule has 0 saturated heterocycles. The molecule has 1 atom stereocenters. The molecule has 0 saturated carbocycles. The smallest absolute Gasteiger partial charge is 0.305 e. The molecule has 0 radical (unpaired) electrons. The van der Waals surface area contributed by atoms with E-state index in [9.17, 15) is 27.9 Å². The highest BCUT2D eigenvalue weighted by Gasteiger charge is 2.26. The predicted octanol–water partition coefficient (Wildman–Crippen LogP) is 2.94. The van der Waals surface area contributed by atoms with Gasteiger partial charge in [0.05, 0.1) is 18.2 Å². The van der Waals surface area contributed by atoms with Crippen molar-refractivity contribution in [3.63, 3.8) is 0 Å². The summed E-state index contributed by atoms with van der Waals surface area (Å²) < 4.78 is 42.1. The summed E-state index contributed by atoms with van der Waals surface area (Å²) in [5.41, 5.74) is -0.686. The second-order valence-corrected chi connectivity index (χ2v) is 6.04. The summed E-state index contributed by atoms with van der Waals surface area (Å²) in [7, 11) is 0. The summed E-state index contributed by atoms with van der Waals surface area (Å²) in [5.74, 6) is -5.35. The minimum atomic E-state index is -1.51. The molecule has 0 fully saturated rings. The van der Waals surface area contributed by atoms with E-state index in [0.29, 0.717) is 0 Å². The van der Waals surface area contributed by atoms with Gasteiger partial charge in [-0.15, -0.1) is 0 Å². The Hall–Kier alpha value is -3.82. The SMILES string of the molecule is O=C(O)C[C@H](NC(=O)c1cc(O)n(-c2ccc(F)cc2)n1)c1c(F)cccc1F. The van der Waals surface area contributed by atoms with Crippen LogP contribution in [-0.2, 0) is 4.79 Å². The maximum Gasteiger partial charge on any atom is 0.305 e. The molecule has 0 bridgehead atoms. The minimum Gasteiger partial charge on any atom is -0.493 e. The number of aromatic hydroxyl groups is 1. The fourth-order valence-electron chi connectivity index (χ4n) is 2.73. The van der Waals surface area contributed by atoms with Gasteiger partial charge in [0.2, 0.25) is 5.88 Å².